The highest BCUT2D eigenvalue weighted by Gasteiger charge is 2.03. The zero-order chi connectivity index (χ0) is 11.1. The van der Waals surface area contributed by atoms with Gasteiger partial charge >= 0.3 is 0 Å². The fraction of sp³-hybridized carbons (Fsp3) is 0.0714. The molecular formula is C14H11NO. The van der Waals surface area contributed by atoms with E-state index < -0.39 is 0 Å². The molecule has 0 unspecified atom stereocenters. The second kappa shape index (κ2) is 3.20. The van der Waals surface area contributed by atoms with Crippen LogP contribution >= 0.6 is 0 Å². The van der Waals surface area contributed by atoms with E-state index in [1.807, 2.05) is 19.1 Å². The molecule has 16 heavy (non-hydrogen) atoms. The number of fused-ring (bicyclic) bond motifs is 3. The van der Waals surface area contributed by atoms with Gasteiger partial charge in [0.15, 0.2) is 0 Å². The zero-order valence-electron chi connectivity index (χ0n) is 8.95. The summed E-state index contributed by atoms with van der Waals surface area (Å²) in [5, 5.41) is 4.44. The Kier molecular flexibility index (Phi) is 1.83. The van der Waals surface area contributed by atoms with E-state index in [4.69, 9.17) is 0 Å². The van der Waals surface area contributed by atoms with Gasteiger partial charge in [0.1, 0.15) is 0 Å². The van der Waals surface area contributed by atoms with E-state index in [9.17, 15) is 4.79 Å². The number of hydrogen-bond acceptors (Lipinski definition) is 1. The van der Waals surface area contributed by atoms with Crippen LogP contribution in [0.25, 0.3) is 21.5 Å². The van der Waals surface area contributed by atoms with Crippen LogP contribution in [0, 0.1) is 6.92 Å². The Morgan fingerprint density at radius 1 is 0.938 bits per heavy atom. The molecule has 0 saturated carbocycles. The van der Waals surface area contributed by atoms with Crippen LogP contribution in [0.15, 0.2) is 47.3 Å². The molecule has 3 aromatic rings. The van der Waals surface area contributed by atoms with E-state index >= 15 is 0 Å². The first kappa shape index (κ1) is 9.16. The molecule has 78 valence electrons. The average Bonchev–Trinajstić information content (AvgIpc) is 2.28. The van der Waals surface area contributed by atoms with Gasteiger partial charge in [-0.15, -0.1) is 0 Å². The lowest BCUT2D eigenvalue weighted by Gasteiger charge is -2.05. The van der Waals surface area contributed by atoms with Crippen LogP contribution < -0.4 is 5.56 Å². The monoisotopic (exact) mass is 209 g/mol. The molecule has 0 radical (unpaired) electrons. The summed E-state index contributed by atoms with van der Waals surface area (Å²) < 4.78 is 0. The van der Waals surface area contributed by atoms with Gasteiger partial charge in [-0.25, -0.2) is 0 Å². The van der Waals surface area contributed by atoms with Crippen molar-refractivity contribution < 1.29 is 0 Å². The molecule has 2 aromatic carbocycles. The van der Waals surface area contributed by atoms with Gasteiger partial charge in [0.05, 0.1) is 0 Å². The summed E-state index contributed by atoms with van der Waals surface area (Å²) in [5.74, 6) is 0. The van der Waals surface area contributed by atoms with Crippen molar-refractivity contribution >= 4 is 21.5 Å². The normalized spacial score (nSPS) is 11.1. The number of aryl methyl sites for hydroxylation is 1. The van der Waals surface area contributed by atoms with Crippen molar-refractivity contribution in [2.75, 3.05) is 0 Å². The van der Waals surface area contributed by atoms with Crippen LogP contribution in [0.5, 0.6) is 0 Å². The van der Waals surface area contributed by atoms with Crippen LogP contribution in [0.1, 0.15) is 5.69 Å². The van der Waals surface area contributed by atoms with Crippen LogP contribution in [-0.4, -0.2) is 4.98 Å². The number of nitrogens with one attached hydrogen (secondary N) is 1. The minimum atomic E-state index is -0.0404. The van der Waals surface area contributed by atoms with Gasteiger partial charge in [0, 0.05) is 17.1 Å². The first-order chi connectivity index (χ1) is 7.75. The lowest BCUT2D eigenvalue weighted by Crippen LogP contribution is -2.05. The van der Waals surface area contributed by atoms with Crippen molar-refractivity contribution in [2.24, 2.45) is 0 Å². The third kappa shape index (κ3) is 1.23. The maximum Gasteiger partial charge on any atom is 0.248 e. The standard InChI is InChI=1S/C14H11NO/c1-9-11-7-6-10-4-2-3-5-12(10)13(11)8-14(16)15-9/h2-8H,1H3,(H,15,16). The van der Waals surface area contributed by atoms with Crippen molar-refractivity contribution in [3.05, 3.63) is 58.5 Å². The van der Waals surface area contributed by atoms with Crippen molar-refractivity contribution in [2.45, 2.75) is 6.92 Å². The van der Waals surface area contributed by atoms with Crippen molar-refractivity contribution in [3.63, 3.8) is 0 Å². The van der Waals surface area contributed by atoms with Crippen LogP contribution in [0.2, 0.25) is 0 Å². The number of aromatic nitrogens is 1. The molecule has 0 spiro atoms. The van der Waals surface area contributed by atoms with E-state index in [-0.39, 0.29) is 5.56 Å². The molecule has 0 amide bonds. The largest absolute Gasteiger partial charge is 0.326 e. The van der Waals surface area contributed by atoms with Gasteiger partial charge in [-0.3, -0.25) is 4.79 Å². The summed E-state index contributed by atoms with van der Waals surface area (Å²) in [5.41, 5.74) is 0.884. The summed E-state index contributed by atoms with van der Waals surface area (Å²) in [4.78, 5) is 14.3. The number of aromatic amines is 1. The molecule has 0 saturated heterocycles. The number of benzene rings is 2. The molecule has 0 bridgehead atoms. The molecule has 0 atom stereocenters. The van der Waals surface area contributed by atoms with Crippen LogP contribution in [0.4, 0.5) is 0 Å². The Morgan fingerprint density at radius 3 is 2.62 bits per heavy atom. The Bertz CT molecular complexity index is 740. The summed E-state index contributed by atoms with van der Waals surface area (Å²) in [6, 6.07) is 13.9. The van der Waals surface area contributed by atoms with Gasteiger partial charge in [0.25, 0.3) is 0 Å². The van der Waals surface area contributed by atoms with Crippen molar-refractivity contribution in [1.82, 2.24) is 4.98 Å². The van der Waals surface area contributed by atoms with Gasteiger partial charge < -0.3 is 4.98 Å². The predicted molar refractivity (Wildman–Crippen MR) is 66.8 cm³/mol. The van der Waals surface area contributed by atoms with E-state index in [0.717, 1.165) is 21.9 Å². The SMILES string of the molecule is Cc1[nH]c(=O)cc2c1ccc1ccccc12. The quantitative estimate of drug-likeness (QED) is 0.567. The third-order valence-electron chi connectivity index (χ3n) is 2.96. The number of pyridine rings is 1. The van der Waals surface area contributed by atoms with Crippen molar-refractivity contribution in [1.29, 1.82) is 0 Å². The minimum absolute atomic E-state index is 0.0404. The number of H-pyrrole nitrogens is 1. The maximum atomic E-state index is 11.5. The minimum Gasteiger partial charge on any atom is -0.326 e. The van der Waals surface area contributed by atoms with E-state index in [1.54, 1.807) is 6.07 Å². The molecule has 1 heterocycles. The highest BCUT2D eigenvalue weighted by atomic mass is 16.1. The maximum absolute atomic E-state index is 11.5. The number of rotatable bonds is 0. The summed E-state index contributed by atoms with van der Waals surface area (Å²) in [6.45, 7) is 1.93. The summed E-state index contributed by atoms with van der Waals surface area (Å²) >= 11 is 0. The van der Waals surface area contributed by atoms with Crippen LogP contribution in [0.3, 0.4) is 0 Å². The van der Waals surface area contributed by atoms with Crippen LogP contribution in [-0.2, 0) is 0 Å². The Morgan fingerprint density at radius 2 is 1.75 bits per heavy atom. The predicted octanol–water partition coefficient (Wildman–Crippen LogP) is 2.99. The summed E-state index contributed by atoms with van der Waals surface area (Å²) in [7, 11) is 0. The highest BCUT2D eigenvalue weighted by Crippen LogP contribution is 2.24. The van der Waals surface area contributed by atoms with Crippen molar-refractivity contribution in [3.8, 4) is 0 Å². The topological polar surface area (TPSA) is 32.9 Å². The molecule has 0 aliphatic carbocycles. The van der Waals surface area contributed by atoms with E-state index in [0.29, 0.717) is 0 Å². The lowest BCUT2D eigenvalue weighted by atomic mass is 10.0. The Balaban J connectivity index is 2.65. The molecule has 0 aliphatic rings. The molecule has 2 heteroatoms. The molecule has 1 N–H and O–H groups in total. The van der Waals surface area contributed by atoms with Gasteiger partial charge in [-0.2, -0.15) is 0 Å². The van der Waals surface area contributed by atoms with Gasteiger partial charge in [-0.05, 0) is 23.1 Å². The van der Waals surface area contributed by atoms with Gasteiger partial charge in [0.2, 0.25) is 5.56 Å². The fourth-order valence-electron chi connectivity index (χ4n) is 2.20. The Hall–Kier alpha value is -2.09. The summed E-state index contributed by atoms with van der Waals surface area (Å²) in [6.07, 6.45) is 0. The van der Waals surface area contributed by atoms with E-state index in [2.05, 4.69) is 29.2 Å². The lowest BCUT2D eigenvalue weighted by molar-refractivity contribution is 1.17. The van der Waals surface area contributed by atoms with E-state index in [1.165, 1.54) is 5.39 Å². The number of hydrogen-bond donors (Lipinski definition) is 1. The molecule has 0 fully saturated rings. The Labute approximate surface area is 92.5 Å². The molecule has 1 aromatic heterocycles. The highest BCUT2D eigenvalue weighted by molar-refractivity contribution is 6.07. The van der Waals surface area contributed by atoms with Gasteiger partial charge in [-0.1, -0.05) is 36.4 Å². The zero-order valence-corrected chi connectivity index (χ0v) is 8.95. The molecular weight excluding hydrogens is 198 g/mol. The first-order valence-corrected chi connectivity index (χ1v) is 5.27. The first-order valence-electron chi connectivity index (χ1n) is 5.27. The second-order valence-corrected chi connectivity index (χ2v) is 4.01. The third-order valence-corrected chi connectivity index (χ3v) is 2.96. The average molecular weight is 209 g/mol. The molecule has 2 nitrogen and oxygen atoms in total. The molecule has 0 aliphatic heterocycles. The smallest absolute Gasteiger partial charge is 0.248 e. The second-order valence-electron chi connectivity index (χ2n) is 4.01. The molecule has 3 rings (SSSR count). The fourth-order valence-corrected chi connectivity index (χ4v) is 2.20.